The Morgan fingerprint density at radius 3 is 2.58 bits per heavy atom. The molecule has 1 aromatic carbocycles. The second-order valence-electron chi connectivity index (χ2n) is 2.49. The number of benzene rings is 1. The first kappa shape index (κ1) is 8.94. The van der Waals surface area contributed by atoms with Crippen molar-refractivity contribution in [1.82, 2.24) is 0 Å². The van der Waals surface area contributed by atoms with Crippen LogP contribution < -0.4 is 0 Å². The maximum atomic E-state index is 11.8. The molecule has 0 saturated carbocycles. The van der Waals surface area contributed by atoms with Crippen LogP contribution in [0, 0.1) is 0 Å². The van der Waals surface area contributed by atoms with Gasteiger partial charge in [0.2, 0.25) is 0 Å². The van der Waals surface area contributed by atoms with Crippen LogP contribution in [-0.2, 0) is 0 Å². The van der Waals surface area contributed by atoms with Gasteiger partial charge in [-0.25, -0.2) is 4.39 Å². The molecule has 1 nitrogen and oxygen atoms in total. The minimum Gasteiger partial charge on any atom is -0.386 e. The van der Waals surface area contributed by atoms with E-state index in [1.165, 1.54) is 6.08 Å². The van der Waals surface area contributed by atoms with E-state index in [4.69, 9.17) is 5.11 Å². The molecule has 1 aromatic rings. The van der Waals surface area contributed by atoms with Gasteiger partial charge in [-0.15, -0.1) is 0 Å². The summed E-state index contributed by atoms with van der Waals surface area (Å²) in [6.45, 7) is -0.733. The van der Waals surface area contributed by atoms with Gasteiger partial charge in [-0.05, 0) is 5.56 Å². The molecule has 0 aromatic heterocycles. The van der Waals surface area contributed by atoms with Gasteiger partial charge in [-0.1, -0.05) is 42.5 Å². The van der Waals surface area contributed by atoms with Crippen molar-refractivity contribution in [2.45, 2.75) is 6.10 Å². The van der Waals surface area contributed by atoms with Gasteiger partial charge in [0, 0.05) is 0 Å². The number of alkyl halides is 1. The highest BCUT2D eigenvalue weighted by atomic mass is 19.1. The van der Waals surface area contributed by atoms with Crippen LogP contribution in [0.5, 0.6) is 0 Å². The van der Waals surface area contributed by atoms with E-state index in [9.17, 15) is 4.39 Å². The lowest BCUT2D eigenvalue weighted by Gasteiger charge is -1.96. The maximum absolute atomic E-state index is 11.8. The molecule has 0 spiro atoms. The largest absolute Gasteiger partial charge is 0.386 e. The molecule has 0 radical (unpaired) electrons. The lowest BCUT2D eigenvalue weighted by molar-refractivity contribution is 0.184. The van der Waals surface area contributed by atoms with Crippen molar-refractivity contribution in [3.8, 4) is 0 Å². The fourth-order valence-electron chi connectivity index (χ4n) is 0.838. The predicted octanol–water partition coefficient (Wildman–Crippen LogP) is 2.03. The molecule has 2 heteroatoms. The Bertz CT molecular complexity index is 243. The van der Waals surface area contributed by atoms with Crippen LogP contribution in [0.1, 0.15) is 5.56 Å². The molecule has 1 N–H and O–H groups in total. The number of halogens is 1. The quantitative estimate of drug-likeness (QED) is 0.728. The summed E-state index contributed by atoms with van der Waals surface area (Å²) in [5, 5.41) is 8.86. The fraction of sp³-hybridized carbons (Fsp3) is 0.200. The predicted molar refractivity (Wildman–Crippen MR) is 47.5 cm³/mol. The van der Waals surface area contributed by atoms with Gasteiger partial charge in [0.15, 0.2) is 0 Å². The summed E-state index contributed by atoms with van der Waals surface area (Å²) in [5.74, 6) is 0. The van der Waals surface area contributed by atoms with Crippen LogP contribution in [0.2, 0.25) is 0 Å². The van der Waals surface area contributed by atoms with Crippen molar-refractivity contribution < 1.29 is 9.50 Å². The number of aliphatic hydroxyl groups is 1. The van der Waals surface area contributed by atoms with Gasteiger partial charge in [-0.3, -0.25) is 0 Å². The highest BCUT2D eigenvalue weighted by molar-refractivity contribution is 5.49. The van der Waals surface area contributed by atoms with Crippen LogP contribution in [0.25, 0.3) is 6.08 Å². The molecule has 0 heterocycles. The van der Waals surface area contributed by atoms with Crippen molar-refractivity contribution in [2.24, 2.45) is 0 Å². The second kappa shape index (κ2) is 4.67. The second-order valence-corrected chi connectivity index (χ2v) is 2.49. The van der Waals surface area contributed by atoms with Crippen LogP contribution in [-0.4, -0.2) is 17.9 Å². The number of hydrogen-bond acceptors (Lipinski definition) is 1. The third kappa shape index (κ3) is 2.84. The van der Waals surface area contributed by atoms with Crippen LogP contribution in [0.15, 0.2) is 36.4 Å². The van der Waals surface area contributed by atoms with Crippen molar-refractivity contribution in [3.63, 3.8) is 0 Å². The monoisotopic (exact) mass is 166 g/mol. The lowest BCUT2D eigenvalue weighted by Crippen LogP contribution is -2.02. The average molecular weight is 166 g/mol. The Kier molecular flexibility index (Phi) is 3.48. The van der Waals surface area contributed by atoms with Gasteiger partial charge >= 0.3 is 0 Å². The van der Waals surface area contributed by atoms with Gasteiger partial charge < -0.3 is 5.11 Å². The smallest absolute Gasteiger partial charge is 0.119 e. The van der Waals surface area contributed by atoms with Crippen LogP contribution >= 0.6 is 0 Å². The Labute approximate surface area is 71.2 Å². The molecule has 0 bridgehead atoms. The zero-order valence-corrected chi connectivity index (χ0v) is 6.65. The van der Waals surface area contributed by atoms with Crippen molar-refractivity contribution in [1.29, 1.82) is 0 Å². The summed E-state index contributed by atoms with van der Waals surface area (Å²) in [6, 6.07) is 9.47. The summed E-state index contributed by atoms with van der Waals surface area (Å²) >= 11 is 0. The summed E-state index contributed by atoms with van der Waals surface area (Å²) in [6.07, 6.45) is 2.16. The summed E-state index contributed by atoms with van der Waals surface area (Å²) in [4.78, 5) is 0. The maximum Gasteiger partial charge on any atom is 0.119 e. The third-order valence-corrected chi connectivity index (χ3v) is 1.47. The molecule has 0 amide bonds. The van der Waals surface area contributed by atoms with Gasteiger partial charge in [0.05, 0.1) is 0 Å². The van der Waals surface area contributed by atoms with E-state index in [1.807, 2.05) is 30.3 Å². The summed E-state index contributed by atoms with van der Waals surface area (Å²) in [5.41, 5.74) is 0.963. The highest BCUT2D eigenvalue weighted by Crippen LogP contribution is 2.01. The van der Waals surface area contributed by atoms with Crippen molar-refractivity contribution >= 4 is 6.08 Å². The number of aliphatic hydroxyl groups excluding tert-OH is 1. The molecule has 1 unspecified atom stereocenters. The SMILES string of the molecule is OC(C=Cc1ccccc1)CF. The first-order valence-electron chi connectivity index (χ1n) is 3.80. The van der Waals surface area contributed by atoms with Crippen LogP contribution in [0.3, 0.4) is 0 Å². The molecule has 12 heavy (non-hydrogen) atoms. The normalized spacial score (nSPS) is 13.5. The minimum absolute atomic E-state index is 0.733. The lowest BCUT2D eigenvalue weighted by atomic mass is 10.2. The van der Waals surface area contributed by atoms with E-state index < -0.39 is 12.8 Å². The molecular weight excluding hydrogens is 155 g/mol. The number of hydrogen-bond donors (Lipinski definition) is 1. The number of rotatable bonds is 3. The molecular formula is C10H11FO. The molecule has 1 rings (SSSR count). The Morgan fingerprint density at radius 1 is 1.33 bits per heavy atom. The minimum atomic E-state index is -0.981. The molecule has 0 saturated heterocycles. The highest BCUT2D eigenvalue weighted by Gasteiger charge is 1.94. The molecule has 0 fully saturated rings. The Hall–Kier alpha value is -1.15. The molecule has 1 atom stereocenters. The zero-order valence-electron chi connectivity index (χ0n) is 6.65. The molecule has 0 aliphatic carbocycles. The van der Waals surface area contributed by atoms with E-state index in [0.717, 1.165) is 5.56 Å². The Balaban J connectivity index is 2.58. The van der Waals surface area contributed by atoms with Gasteiger partial charge in [-0.2, -0.15) is 0 Å². The first-order valence-corrected chi connectivity index (χ1v) is 3.80. The van der Waals surface area contributed by atoms with Gasteiger partial charge in [0.25, 0.3) is 0 Å². The van der Waals surface area contributed by atoms with Crippen LogP contribution in [0.4, 0.5) is 4.39 Å². The summed E-state index contributed by atoms with van der Waals surface area (Å²) < 4.78 is 11.8. The van der Waals surface area contributed by atoms with E-state index in [1.54, 1.807) is 6.08 Å². The van der Waals surface area contributed by atoms with E-state index in [-0.39, 0.29) is 0 Å². The average Bonchev–Trinajstić information content (AvgIpc) is 2.16. The van der Waals surface area contributed by atoms with E-state index in [0.29, 0.717) is 0 Å². The Morgan fingerprint density at radius 2 is 2.00 bits per heavy atom. The first-order chi connectivity index (χ1) is 5.83. The zero-order chi connectivity index (χ0) is 8.81. The standard InChI is InChI=1S/C10H11FO/c11-8-10(12)7-6-9-4-2-1-3-5-9/h1-7,10,12H,8H2. The molecule has 64 valence electrons. The van der Waals surface area contributed by atoms with E-state index in [2.05, 4.69) is 0 Å². The fourth-order valence-corrected chi connectivity index (χ4v) is 0.838. The third-order valence-electron chi connectivity index (χ3n) is 1.47. The van der Waals surface area contributed by atoms with Crippen molar-refractivity contribution in [3.05, 3.63) is 42.0 Å². The van der Waals surface area contributed by atoms with Gasteiger partial charge in [0.1, 0.15) is 12.8 Å². The molecule has 0 aliphatic rings. The van der Waals surface area contributed by atoms with E-state index >= 15 is 0 Å². The topological polar surface area (TPSA) is 20.2 Å². The summed E-state index contributed by atoms with van der Waals surface area (Å²) in [7, 11) is 0. The molecule has 0 aliphatic heterocycles. The van der Waals surface area contributed by atoms with Crippen molar-refractivity contribution in [2.75, 3.05) is 6.67 Å².